The topological polar surface area (TPSA) is 57.9 Å². The molecule has 1 saturated heterocycles. The lowest BCUT2D eigenvalue weighted by Gasteiger charge is -2.25. The second-order valence-corrected chi connectivity index (χ2v) is 5.63. The number of hydrogen-bond acceptors (Lipinski definition) is 3. The number of sulfone groups is 1. The van der Waals surface area contributed by atoms with Crippen LogP contribution in [0.5, 0.6) is 0 Å². The van der Waals surface area contributed by atoms with Crippen molar-refractivity contribution in [3.8, 4) is 6.07 Å². The van der Waals surface area contributed by atoms with Gasteiger partial charge in [-0.2, -0.15) is 5.26 Å². The van der Waals surface area contributed by atoms with E-state index in [1.165, 1.54) is 0 Å². The van der Waals surface area contributed by atoms with Crippen molar-refractivity contribution in [3.05, 3.63) is 0 Å². The predicted octanol–water partition coefficient (Wildman–Crippen LogP) is 0.725. The maximum absolute atomic E-state index is 10.9. The minimum atomic E-state index is -2.82. The van der Waals surface area contributed by atoms with Crippen LogP contribution in [0, 0.1) is 16.7 Å². The normalized spacial score (nSPS) is 27.3. The van der Waals surface area contributed by atoms with Gasteiger partial charge in [0, 0.05) is 0 Å². The highest BCUT2D eigenvalue weighted by Gasteiger charge is 2.32. The standard InChI is InChI=1S/C7H11NO2S/c1-7(6-8)2-4-11(9,10)5-3-7/h2-5H2,1H3. The van der Waals surface area contributed by atoms with E-state index in [0.717, 1.165) is 0 Å². The molecule has 0 atom stereocenters. The van der Waals surface area contributed by atoms with Crippen LogP contribution in [0.2, 0.25) is 0 Å². The molecule has 0 aromatic rings. The van der Waals surface area contributed by atoms with Gasteiger partial charge in [0.2, 0.25) is 0 Å². The van der Waals surface area contributed by atoms with Crippen LogP contribution in [-0.4, -0.2) is 19.9 Å². The van der Waals surface area contributed by atoms with Crippen molar-refractivity contribution in [1.29, 1.82) is 5.26 Å². The lowest BCUT2D eigenvalue weighted by Crippen LogP contribution is -2.29. The Morgan fingerprint density at radius 1 is 1.36 bits per heavy atom. The zero-order valence-electron chi connectivity index (χ0n) is 6.50. The molecule has 1 rings (SSSR count). The molecule has 11 heavy (non-hydrogen) atoms. The highest BCUT2D eigenvalue weighted by Crippen LogP contribution is 2.30. The van der Waals surface area contributed by atoms with E-state index in [0.29, 0.717) is 12.8 Å². The van der Waals surface area contributed by atoms with Crippen molar-refractivity contribution in [2.24, 2.45) is 5.41 Å². The zero-order chi connectivity index (χ0) is 8.54. The van der Waals surface area contributed by atoms with Gasteiger partial charge in [-0.15, -0.1) is 0 Å². The molecule has 3 nitrogen and oxygen atoms in total. The zero-order valence-corrected chi connectivity index (χ0v) is 7.32. The summed E-state index contributed by atoms with van der Waals surface area (Å²) in [6.45, 7) is 1.82. The largest absolute Gasteiger partial charge is 0.229 e. The summed E-state index contributed by atoms with van der Waals surface area (Å²) < 4.78 is 21.9. The maximum Gasteiger partial charge on any atom is 0.150 e. The van der Waals surface area contributed by atoms with E-state index >= 15 is 0 Å². The van der Waals surface area contributed by atoms with Gasteiger partial charge in [-0.3, -0.25) is 0 Å². The second kappa shape index (κ2) is 2.49. The number of rotatable bonds is 0. The molecule has 0 amide bonds. The van der Waals surface area contributed by atoms with Gasteiger partial charge in [0.1, 0.15) is 9.84 Å². The highest BCUT2D eigenvalue weighted by atomic mass is 32.2. The van der Waals surface area contributed by atoms with Crippen LogP contribution >= 0.6 is 0 Å². The van der Waals surface area contributed by atoms with Crippen molar-refractivity contribution in [2.75, 3.05) is 11.5 Å². The summed E-state index contributed by atoms with van der Waals surface area (Å²) in [6.07, 6.45) is 0.984. The van der Waals surface area contributed by atoms with Crippen molar-refractivity contribution in [1.82, 2.24) is 0 Å². The van der Waals surface area contributed by atoms with Gasteiger partial charge in [-0.25, -0.2) is 8.42 Å². The highest BCUT2D eigenvalue weighted by molar-refractivity contribution is 7.91. The number of nitrogens with zero attached hydrogens (tertiary/aromatic N) is 1. The third kappa shape index (κ3) is 1.93. The third-order valence-corrected chi connectivity index (χ3v) is 3.85. The van der Waals surface area contributed by atoms with Crippen molar-refractivity contribution < 1.29 is 8.42 Å². The Bertz CT molecular complexity index is 272. The Hall–Kier alpha value is -0.560. The van der Waals surface area contributed by atoms with Crippen molar-refractivity contribution in [3.63, 3.8) is 0 Å². The van der Waals surface area contributed by atoms with E-state index in [2.05, 4.69) is 6.07 Å². The van der Waals surface area contributed by atoms with Gasteiger partial charge >= 0.3 is 0 Å². The molecule has 0 unspecified atom stereocenters. The van der Waals surface area contributed by atoms with Crippen LogP contribution in [0.25, 0.3) is 0 Å². The quantitative estimate of drug-likeness (QED) is 0.542. The van der Waals surface area contributed by atoms with E-state index in [1.807, 2.05) is 6.92 Å². The minimum Gasteiger partial charge on any atom is -0.229 e. The molecule has 0 aromatic carbocycles. The molecule has 0 N–H and O–H groups in total. The Labute approximate surface area is 66.9 Å². The Morgan fingerprint density at radius 2 is 1.82 bits per heavy atom. The molecule has 0 saturated carbocycles. The molecule has 0 spiro atoms. The third-order valence-electron chi connectivity index (χ3n) is 2.20. The van der Waals surface area contributed by atoms with Gasteiger partial charge in [-0.05, 0) is 19.8 Å². The average molecular weight is 173 g/mol. The summed E-state index contributed by atoms with van der Waals surface area (Å²) in [5, 5.41) is 8.68. The van der Waals surface area contributed by atoms with E-state index in [4.69, 9.17) is 5.26 Å². The second-order valence-electron chi connectivity index (χ2n) is 3.32. The first-order valence-electron chi connectivity index (χ1n) is 3.59. The number of nitriles is 1. The van der Waals surface area contributed by atoms with Crippen molar-refractivity contribution >= 4 is 9.84 Å². The molecular formula is C7H11NO2S. The fourth-order valence-corrected chi connectivity index (χ4v) is 2.83. The molecule has 0 bridgehead atoms. The Morgan fingerprint density at radius 3 is 2.18 bits per heavy atom. The average Bonchev–Trinajstić information content (AvgIpc) is 1.97. The van der Waals surface area contributed by atoms with Crippen LogP contribution < -0.4 is 0 Å². The van der Waals surface area contributed by atoms with Crippen LogP contribution in [0.15, 0.2) is 0 Å². The van der Waals surface area contributed by atoms with Crippen LogP contribution in [0.3, 0.4) is 0 Å². The van der Waals surface area contributed by atoms with E-state index in [9.17, 15) is 8.42 Å². The summed E-state index contributed by atoms with van der Waals surface area (Å²) in [5.74, 6) is 0.355. The molecule has 62 valence electrons. The van der Waals surface area contributed by atoms with E-state index < -0.39 is 15.3 Å². The summed E-state index contributed by atoms with van der Waals surface area (Å²) in [6, 6.07) is 2.15. The van der Waals surface area contributed by atoms with Gasteiger partial charge in [0.25, 0.3) is 0 Å². The molecule has 0 aliphatic carbocycles. The van der Waals surface area contributed by atoms with Crippen molar-refractivity contribution in [2.45, 2.75) is 19.8 Å². The van der Waals surface area contributed by atoms with Crippen LogP contribution in [0.1, 0.15) is 19.8 Å². The fourth-order valence-electron chi connectivity index (χ4n) is 1.10. The SMILES string of the molecule is CC1(C#N)CCS(=O)(=O)CC1. The molecule has 1 aliphatic rings. The summed E-state index contributed by atoms with van der Waals surface area (Å²) in [4.78, 5) is 0. The van der Waals surface area contributed by atoms with E-state index in [1.54, 1.807) is 0 Å². The fraction of sp³-hybridized carbons (Fsp3) is 0.857. The minimum absolute atomic E-state index is 0.178. The van der Waals surface area contributed by atoms with Gasteiger partial charge < -0.3 is 0 Å². The molecule has 1 heterocycles. The summed E-state index contributed by atoms with van der Waals surface area (Å²) in [7, 11) is -2.82. The first kappa shape index (κ1) is 8.54. The predicted molar refractivity (Wildman–Crippen MR) is 41.6 cm³/mol. The van der Waals surface area contributed by atoms with Gasteiger partial charge in [-0.1, -0.05) is 0 Å². The smallest absolute Gasteiger partial charge is 0.150 e. The van der Waals surface area contributed by atoms with Crippen LogP contribution in [-0.2, 0) is 9.84 Å². The van der Waals surface area contributed by atoms with Crippen LogP contribution in [0.4, 0.5) is 0 Å². The van der Waals surface area contributed by atoms with E-state index in [-0.39, 0.29) is 11.5 Å². The first-order chi connectivity index (χ1) is 4.97. The summed E-state index contributed by atoms with van der Waals surface area (Å²) in [5.41, 5.74) is -0.397. The molecular weight excluding hydrogens is 162 g/mol. The molecule has 0 aromatic heterocycles. The number of hydrogen-bond donors (Lipinski definition) is 0. The summed E-state index contributed by atoms with van der Waals surface area (Å²) >= 11 is 0. The first-order valence-corrected chi connectivity index (χ1v) is 5.41. The maximum atomic E-state index is 10.9. The Kier molecular flexibility index (Phi) is 1.93. The molecule has 1 aliphatic heterocycles. The lowest BCUT2D eigenvalue weighted by atomic mass is 9.86. The monoisotopic (exact) mass is 173 g/mol. The molecule has 4 heteroatoms. The molecule has 0 radical (unpaired) electrons. The van der Waals surface area contributed by atoms with Gasteiger partial charge in [0.15, 0.2) is 0 Å². The Balaban J connectivity index is 2.71. The van der Waals surface area contributed by atoms with Gasteiger partial charge in [0.05, 0.1) is 23.0 Å². The molecule has 1 fully saturated rings. The lowest BCUT2D eigenvalue weighted by molar-refractivity contribution is 0.392.